The number of hydrogen-bond acceptors (Lipinski definition) is 2. The molecule has 1 aromatic carbocycles. The Balaban J connectivity index is 2.83. The number of nitrogen functional groups attached to an aromatic ring is 1. The van der Waals surface area contributed by atoms with Crippen molar-refractivity contribution in [2.45, 2.75) is 33.2 Å². The van der Waals surface area contributed by atoms with Gasteiger partial charge in [-0.1, -0.05) is 18.2 Å². The third-order valence-corrected chi connectivity index (χ3v) is 2.97. The topological polar surface area (TPSA) is 53.0 Å². The van der Waals surface area contributed by atoms with Crippen molar-refractivity contribution in [3.63, 3.8) is 0 Å². The average molecular weight is 245 g/mol. The van der Waals surface area contributed by atoms with Crippen LogP contribution in [0.3, 0.4) is 0 Å². The van der Waals surface area contributed by atoms with Gasteiger partial charge >= 0.3 is 0 Å². The molecule has 1 aromatic heterocycles. The molecule has 0 amide bonds. The van der Waals surface area contributed by atoms with Gasteiger partial charge < -0.3 is 5.73 Å². The minimum Gasteiger partial charge on any atom is -0.393 e. The van der Waals surface area contributed by atoms with Crippen LogP contribution in [0.5, 0.6) is 0 Å². The van der Waals surface area contributed by atoms with Crippen molar-refractivity contribution in [3.8, 4) is 5.69 Å². The maximum absolute atomic E-state index is 12.2. The zero-order valence-electron chi connectivity index (χ0n) is 11.3. The van der Waals surface area contributed by atoms with Crippen LogP contribution in [0.4, 0.5) is 5.69 Å². The van der Waals surface area contributed by atoms with Crippen LogP contribution >= 0.6 is 0 Å². The molecule has 0 aliphatic carbocycles. The summed E-state index contributed by atoms with van der Waals surface area (Å²) in [6.07, 6.45) is 0. The third kappa shape index (κ3) is 1.83. The van der Waals surface area contributed by atoms with Gasteiger partial charge in [-0.15, -0.1) is 0 Å². The fourth-order valence-electron chi connectivity index (χ4n) is 2.11. The van der Waals surface area contributed by atoms with Gasteiger partial charge in [-0.25, -0.2) is 4.68 Å². The van der Waals surface area contributed by atoms with Crippen molar-refractivity contribution >= 4 is 5.69 Å². The van der Waals surface area contributed by atoms with Crippen molar-refractivity contribution in [1.29, 1.82) is 0 Å². The molecular weight excluding hydrogens is 226 g/mol. The second kappa shape index (κ2) is 4.05. The minimum absolute atomic E-state index is 0.135. The smallest absolute Gasteiger partial charge is 0.290 e. The monoisotopic (exact) mass is 245 g/mol. The SMILES string of the molecule is Cc1c(N)c(=O)n(C(C)(C)C)n1-c1ccccc1. The van der Waals surface area contributed by atoms with E-state index >= 15 is 0 Å². The van der Waals surface area contributed by atoms with E-state index in [1.807, 2.05) is 62.7 Å². The van der Waals surface area contributed by atoms with Gasteiger partial charge in [0.1, 0.15) is 5.69 Å². The average Bonchev–Trinajstić information content (AvgIpc) is 2.54. The fraction of sp³-hybridized carbons (Fsp3) is 0.357. The maximum Gasteiger partial charge on any atom is 0.290 e. The number of anilines is 1. The molecule has 1 heterocycles. The summed E-state index contributed by atoms with van der Waals surface area (Å²) in [7, 11) is 0. The Labute approximate surface area is 107 Å². The van der Waals surface area contributed by atoms with E-state index in [0.717, 1.165) is 11.4 Å². The second-order valence-corrected chi connectivity index (χ2v) is 5.43. The Morgan fingerprint density at radius 1 is 1.11 bits per heavy atom. The first kappa shape index (κ1) is 12.5. The van der Waals surface area contributed by atoms with E-state index in [2.05, 4.69) is 0 Å². The molecule has 0 aliphatic rings. The van der Waals surface area contributed by atoms with Crippen LogP contribution in [0.2, 0.25) is 0 Å². The summed E-state index contributed by atoms with van der Waals surface area (Å²) in [6.45, 7) is 7.85. The molecule has 2 N–H and O–H groups in total. The van der Waals surface area contributed by atoms with Crippen molar-refractivity contribution in [2.75, 3.05) is 5.73 Å². The lowest BCUT2D eigenvalue weighted by molar-refractivity contribution is 0.317. The van der Waals surface area contributed by atoms with E-state index in [-0.39, 0.29) is 11.1 Å². The predicted molar refractivity (Wildman–Crippen MR) is 74.2 cm³/mol. The highest BCUT2D eigenvalue weighted by molar-refractivity contribution is 5.46. The largest absolute Gasteiger partial charge is 0.393 e. The molecule has 0 unspecified atom stereocenters. The third-order valence-electron chi connectivity index (χ3n) is 2.97. The molecule has 18 heavy (non-hydrogen) atoms. The van der Waals surface area contributed by atoms with E-state index in [4.69, 9.17) is 5.73 Å². The lowest BCUT2D eigenvalue weighted by atomic mass is 10.1. The van der Waals surface area contributed by atoms with Gasteiger partial charge in [0.2, 0.25) is 0 Å². The van der Waals surface area contributed by atoms with Crippen LogP contribution in [-0.4, -0.2) is 9.36 Å². The predicted octanol–water partition coefficient (Wildman–Crippen LogP) is 2.28. The quantitative estimate of drug-likeness (QED) is 0.838. The maximum atomic E-state index is 12.2. The zero-order valence-corrected chi connectivity index (χ0v) is 11.3. The molecular formula is C14H19N3O. The number of hydrogen-bond donors (Lipinski definition) is 1. The molecule has 0 aliphatic heterocycles. The van der Waals surface area contributed by atoms with Crippen LogP contribution in [0.25, 0.3) is 5.69 Å². The van der Waals surface area contributed by atoms with Crippen LogP contribution in [0, 0.1) is 6.92 Å². The summed E-state index contributed by atoms with van der Waals surface area (Å²) in [6, 6.07) is 9.78. The molecule has 4 nitrogen and oxygen atoms in total. The summed E-state index contributed by atoms with van der Waals surface area (Å²) in [4.78, 5) is 12.2. The second-order valence-electron chi connectivity index (χ2n) is 5.43. The van der Waals surface area contributed by atoms with Crippen molar-refractivity contribution in [3.05, 3.63) is 46.4 Å². The molecule has 4 heteroatoms. The normalized spacial score (nSPS) is 11.8. The Morgan fingerprint density at radius 3 is 2.17 bits per heavy atom. The summed E-state index contributed by atoms with van der Waals surface area (Å²) in [5.41, 5.74) is 7.46. The first-order valence-corrected chi connectivity index (χ1v) is 6.00. The number of benzene rings is 1. The summed E-state index contributed by atoms with van der Waals surface area (Å²) >= 11 is 0. The van der Waals surface area contributed by atoms with Crippen LogP contribution in [-0.2, 0) is 5.54 Å². The highest BCUT2D eigenvalue weighted by atomic mass is 16.1. The first-order chi connectivity index (χ1) is 8.34. The molecule has 0 fully saturated rings. The van der Waals surface area contributed by atoms with Crippen molar-refractivity contribution < 1.29 is 0 Å². The highest BCUT2D eigenvalue weighted by Crippen LogP contribution is 2.20. The molecule has 0 radical (unpaired) electrons. The van der Waals surface area contributed by atoms with Crippen LogP contribution in [0.15, 0.2) is 35.1 Å². The summed E-state index contributed by atoms with van der Waals surface area (Å²) in [5, 5.41) is 0. The molecule has 2 aromatic rings. The number of rotatable bonds is 1. The van der Waals surface area contributed by atoms with Crippen LogP contribution in [0.1, 0.15) is 26.5 Å². The number of aromatic nitrogens is 2. The lowest BCUT2D eigenvalue weighted by Crippen LogP contribution is -2.36. The minimum atomic E-state index is -0.324. The summed E-state index contributed by atoms with van der Waals surface area (Å²) in [5.74, 6) is 0. The molecule has 0 bridgehead atoms. The van der Waals surface area contributed by atoms with Crippen molar-refractivity contribution in [2.24, 2.45) is 0 Å². The van der Waals surface area contributed by atoms with Gasteiger partial charge in [0.25, 0.3) is 5.56 Å². The molecule has 0 saturated carbocycles. The van der Waals surface area contributed by atoms with E-state index < -0.39 is 0 Å². The van der Waals surface area contributed by atoms with Gasteiger partial charge in [0.15, 0.2) is 0 Å². The highest BCUT2D eigenvalue weighted by Gasteiger charge is 2.24. The molecule has 2 rings (SSSR count). The standard InChI is InChI=1S/C14H19N3O/c1-10-12(15)13(18)17(14(2,3)4)16(10)11-8-6-5-7-9-11/h5-9H,15H2,1-4H3. The number of para-hydroxylation sites is 1. The van der Waals surface area contributed by atoms with E-state index in [1.165, 1.54) is 0 Å². The number of nitrogens with two attached hydrogens (primary N) is 1. The van der Waals surface area contributed by atoms with Crippen molar-refractivity contribution in [1.82, 2.24) is 9.36 Å². The van der Waals surface area contributed by atoms with E-state index in [9.17, 15) is 4.79 Å². The zero-order chi connectivity index (χ0) is 13.5. The fourth-order valence-corrected chi connectivity index (χ4v) is 2.11. The Hall–Kier alpha value is -1.97. The Bertz CT molecular complexity index is 615. The van der Waals surface area contributed by atoms with E-state index in [1.54, 1.807) is 4.68 Å². The number of nitrogens with zero attached hydrogens (tertiary/aromatic N) is 2. The Kier molecular flexibility index (Phi) is 2.81. The van der Waals surface area contributed by atoms with Gasteiger partial charge in [0, 0.05) is 0 Å². The molecule has 0 spiro atoms. The summed E-state index contributed by atoms with van der Waals surface area (Å²) < 4.78 is 3.59. The lowest BCUT2D eigenvalue weighted by Gasteiger charge is -2.25. The molecule has 96 valence electrons. The first-order valence-electron chi connectivity index (χ1n) is 6.00. The molecule has 0 saturated heterocycles. The van der Waals surface area contributed by atoms with Gasteiger partial charge in [-0.05, 0) is 39.8 Å². The van der Waals surface area contributed by atoms with Gasteiger partial charge in [-0.3, -0.25) is 9.48 Å². The van der Waals surface area contributed by atoms with E-state index in [0.29, 0.717) is 5.69 Å². The molecule has 0 atom stereocenters. The van der Waals surface area contributed by atoms with Gasteiger partial charge in [-0.2, -0.15) is 0 Å². The van der Waals surface area contributed by atoms with Crippen LogP contribution < -0.4 is 11.3 Å². The van der Waals surface area contributed by atoms with Gasteiger partial charge in [0.05, 0.1) is 16.9 Å². The Morgan fingerprint density at radius 2 is 1.67 bits per heavy atom.